The van der Waals surface area contributed by atoms with Gasteiger partial charge in [-0.05, 0) is 43.0 Å². The number of nitrogens with zero attached hydrogens (tertiary/aromatic N) is 3. The molecule has 0 aliphatic heterocycles. The molecule has 26 heavy (non-hydrogen) atoms. The highest BCUT2D eigenvalue weighted by molar-refractivity contribution is 5.83. The van der Waals surface area contributed by atoms with E-state index in [2.05, 4.69) is 15.4 Å². The molecular weight excluding hydrogens is 328 g/mol. The van der Waals surface area contributed by atoms with Crippen molar-refractivity contribution in [2.75, 3.05) is 0 Å². The maximum atomic E-state index is 12.5. The van der Waals surface area contributed by atoms with Crippen LogP contribution in [0, 0.1) is 5.92 Å². The highest BCUT2D eigenvalue weighted by Gasteiger charge is 2.44. The zero-order valence-corrected chi connectivity index (χ0v) is 14.5. The number of amides is 1. The molecule has 0 radical (unpaired) electrons. The first-order chi connectivity index (χ1) is 12.6. The van der Waals surface area contributed by atoms with E-state index < -0.39 is 0 Å². The van der Waals surface area contributed by atoms with Gasteiger partial charge >= 0.3 is 0 Å². The van der Waals surface area contributed by atoms with Crippen LogP contribution in [0.5, 0.6) is 0 Å². The second kappa shape index (κ2) is 6.71. The van der Waals surface area contributed by atoms with Crippen LogP contribution in [0.3, 0.4) is 0 Å². The summed E-state index contributed by atoms with van der Waals surface area (Å²) in [5, 5.41) is 8.70. The molecule has 3 atom stereocenters. The average molecular weight is 348 g/mol. The molecule has 1 aliphatic carbocycles. The molecule has 0 bridgehead atoms. The fourth-order valence-corrected chi connectivity index (χ4v) is 3.38. The first-order valence-electron chi connectivity index (χ1n) is 8.78. The molecule has 6 nitrogen and oxygen atoms in total. The van der Waals surface area contributed by atoms with Gasteiger partial charge in [0.15, 0.2) is 0 Å². The van der Waals surface area contributed by atoms with E-state index in [0.717, 1.165) is 17.4 Å². The summed E-state index contributed by atoms with van der Waals surface area (Å²) < 4.78 is 1.42. The van der Waals surface area contributed by atoms with Gasteiger partial charge in [0.25, 0.3) is 5.56 Å². The Morgan fingerprint density at radius 3 is 2.85 bits per heavy atom. The first kappa shape index (κ1) is 16.4. The van der Waals surface area contributed by atoms with Crippen molar-refractivity contribution < 1.29 is 4.79 Å². The van der Waals surface area contributed by atoms with Crippen LogP contribution in [0.4, 0.5) is 0 Å². The van der Waals surface area contributed by atoms with Gasteiger partial charge in [-0.2, -0.15) is 5.10 Å². The summed E-state index contributed by atoms with van der Waals surface area (Å²) in [7, 11) is 0. The zero-order valence-electron chi connectivity index (χ0n) is 14.5. The fourth-order valence-electron chi connectivity index (χ4n) is 3.38. The molecular formula is C20H20N4O2. The van der Waals surface area contributed by atoms with Gasteiger partial charge in [0.05, 0.1) is 18.1 Å². The van der Waals surface area contributed by atoms with E-state index in [4.69, 9.17) is 0 Å². The van der Waals surface area contributed by atoms with E-state index in [1.807, 2.05) is 37.3 Å². The number of nitrogens with one attached hydrogen (secondary N) is 1. The van der Waals surface area contributed by atoms with Crippen LogP contribution in [-0.4, -0.2) is 26.7 Å². The Kier molecular flexibility index (Phi) is 4.24. The van der Waals surface area contributed by atoms with Crippen molar-refractivity contribution in [2.24, 2.45) is 5.92 Å². The van der Waals surface area contributed by atoms with Crippen LogP contribution in [0.2, 0.25) is 0 Å². The largest absolute Gasteiger partial charge is 0.352 e. The molecule has 1 saturated carbocycles. The standard InChI is InChI=1S/C20H20N4O2/c1-13(12-24-20(26)16-5-3-2-4-15(16)11-22-24)23-19(25)18-10-17(18)14-6-8-21-9-7-14/h2-9,11,13,17-18H,10,12H2,1H3,(H,23,25)/t13?,17-,18+/m0/s1. The molecule has 2 heterocycles. The number of hydrogen-bond acceptors (Lipinski definition) is 4. The van der Waals surface area contributed by atoms with Gasteiger partial charge in [-0.3, -0.25) is 14.6 Å². The molecule has 1 fully saturated rings. The van der Waals surface area contributed by atoms with Crippen LogP contribution in [0.25, 0.3) is 10.8 Å². The lowest BCUT2D eigenvalue weighted by molar-refractivity contribution is -0.123. The van der Waals surface area contributed by atoms with E-state index >= 15 is 0 Å². The third kappa shape index (κ3) is 3.22. The summed E-state index contributed by atoms with van der Waals surface area (Å²) in [5.74, 6) is 0.306. The predicted molar refractivity (Wildman–Crippen MR) is 98.7 cm³/mol. The Labute approximate surface area is 150 Å². The molecule has 2 aromatic heterocycles. The Bertz CT molecular complexity index is 999. The second-order valence-corrected chi connectivity index (χ2v) is 6.86. The highest BCUT2D eigenvalue weighted by Crippen LogP contribution is 2.47. The Balaban J connectivity index is 1.40. The number of aromatic nitrogens is 3. The summed E-state index contributed by atoms with van der Waals surface area (Å²) in [6, 6.07) is 11.1. The number of carbonyl (C=O) groups is 1. The van der Waals surface area contributed by atoms with Crippen LogP contribution < -0.4 is 10.9 Å². The number of carbonyl (C=O) groups excluding carboxylic acids is 1. The third-order valence-electron chi connectivity index (χ3n) is 4.86. The van der Waals surface area contributed by atoms with Crippen molar-refractivity contribution in [3.05, 3.63) is 70.9 Å². The van der Waals surface area contributed by atoms with Gasteiger partial charge in [-0.15, -0.1) is 0 Å². The number of pyridine rings is 1. The Morgan fingerprint density at radius 2 is 2.04 bits per heavy atom. The SMILES string of the molecule is CC(Cn1ncc2ccccc2c1=O)NC(=O)[C@@H]1C[C@H]1c1ccncc1. The average Bonchev–Trinajstić information content (AvgIpc) is 3.46. The highest BCUT2D eigenvalue weighted by atomic mass is 16.2. The van der Waals surface area contributed by atoms with Crippen molar-refractivity contribution in [2.45, 2.75) is 31.8 Å². The van der Waals surface area contributed by atoms with Gasteiger partial charge in [-0.25, -0.2) is 4.68 Å². The van der Waals surface area contributed by atoms with Gasteiger partial charge < -0.3 is 5.32 Å². The third-order valence-corrected chi connectivity index (χ3v) is 4.86. The van der Waals surface area contributed by atoms with Crippen molar-refractivity contribution in [3.8, 4) is 0 Å². The van der Waals surface area contributed by atoms with Gasteiger partial charge in [0.2, 0.25) is 5.91 Å². The normalized spacial score (nSPS) is 19.9. The molecule has 1 amide bonds. The van der Waals surface area contributed by atoms with Crippen molar-refractivity contribution in [1.82, 2.24) is 20.1 Å². The van der Waals surface area contributed by atoms with E-state index in [0.29, 0.717) is 11.9 Å². The lowest BCUT2D eigenvalue weighted by atomic mass is 10.1. The van der Waals surface area contributed by atoms with Crippen molar-refractivity contribution >= 4 is 16.7 Å². The van der Waals surface area contributed by atoms with Crippen LogP contribution >= 0.6 is 0 Å². The summed E-state index contributed by atoms with van der Waals surface area (Å²) in [6.07, 6.45) is 6.05. The number of benzene rings is 1. The van der Waals surface area contributed by atoms with Gasteiger partial charge in [0, 0.05) is 29.7 Å². The number of hydrogen-bond donors (Lipinski definition) is 1. The zero-order chi connectivity index (χ0) is 18.1. The molecule has 3 aromatic rings. The smallest absolute Gasteiger partial charge is 0.274 e. The van der Waals surface area contributed by atoms with Crippen molar-refractivity contribution in [3.63, 3.8) is 0 Å². The second-order valence-electron chi connectivity index (χ2n) is 6.86. The lowest BCUT2D eigenvalue weighted by Crippen LogP contribution is -2.39. The van der Waals surface area contributed by atoms with Gasteiger partial charge in [-0.1, -0.05) is 18.2 Å². The fraction of sp³-hybridized carbons (Fsp3) is 0.300. The van der Waals surface area contributed by atoms with E-state index in [9.17, 15) is 9.59 Å². The molecule has 0 saturated heterocycles. The predicted octanol–water partition coefficient (Wildman–Crippen LogP) is 2.10. The monoisotopic (exact) mass is 348 g/mol. The number of rotatable bonds is 5. The van der Waals surface area contributed by atoms with E-state index in [1.165, 1.54) is 4.68 Å². The molecule has 0 spiro atoms. The van der Waals surface area contributed by atoms with Crippen LogP contribution in [0.1, 0.15) is 24.8 Å². The molecule has 1 unspecified atom stereocenters. The molecule has 4 rings (SSSR count). The first-order valence-corrected chi connectivity index (χ1v) is 8.78. The van der Waals surface area contributed by atoms with Crippen LogP contribution in [0.15, 0.2) is 59.8 Å². The lowest BCUT2D eigenvalue weighted by Gasteiger charge is -2.15. The number of fused-ring (bicyclic) bond motifs is 1. The maximum Gasteiger partial charge on any atom is 0.274 e. The molecule has 1 N–H and O–H groups in total. The molecule has 1 aliphatic rings. The van der Waals surface area contributed by atoms with Crippen molar-refractivity contribution in [1.29, 1.82) is 0 Å². The van der Waals surface area contributed by atoms with E-state index in [-0.39, 0.29) is 29.3 Å². The van der Waals surface area contributed by atoms with Gasteiger partial charge in [0.1, 0.15) is 0 Å². The minimum Gasteiger partial charge on any atom is -0.352 e. The van der Waals surface area contributed by atoms with E-state index in [1.54, 1.807) is 24.7 Å². The Morgan fingerprint density at radius 1 is 1.27 bits per heavy atom. The Hall–Kier alpha value is -3.02. The van der Waals surface area contributed by atoms with Crippen LogP contribution in [-0.2, 0) is 11.3 Å². The summed E-state index contributed by atoms with van der Waals surface area (Å²) in [4.78, 5) is 29.0. The maximum absolute atomic E-state index is 12.5. The summed E-state index contributed by atoms with van der Waals surface area (Å²) >= 11 is 0. The summed E-state index contributed by atoms with van der Waals surface area (Å²) in [5.41, 5.74) is 1.02. The minimum absolute atomic E-state index is 0.00105. The molecule has 132 valence electrons. The minimum atomic E-state index is -0.174. The topological polar surface area (TPSA) is 76.9 Å². The summed E-state index contributed by atoms with van der Waals surface area (Å²) in [6.45, 7) is 2.24. The molecule has 6 heteroatoms. The molecule has 1 aromatic carbocycles. The quantitative estimate of drug-likeness (QED) is 0.766.